The van der Waals surface area contributed by atoms with Gasteiger partial charge in [-0.25, -0.2) is 4.79 Å². The van der Waals surface area contributed by atoms with Crippen LogP contribution in [0.4, 0.5) is 0 Å². The molecule has 0 bridgehead atoms. The van der Waals surface area contributed by atoms with Gasteiger partial charge in [-0.05, 0) is 24.5 Å². The van der Waals surface area contributed by atoms with E-state index in [1.54, 1.807) is 23.4 Å². The first-order valence-electron chi connectivity index (χ1n) is 5.98. The smallest absolute Gasteiger partial charge is 0.328 e. The number of hydrogen-bond acceptors (Lipinski definition) is 4. The Morgan fingerprint density at radius 2 is 2.39 bits per heavy atom. The summed E-state index contributed by atoms with van der Waals surface area (Å²) in [6.45, 7) is 0.624. The molecule has 1 saturated heterocycles. The van der Waals surface area contributed by atoms with Crippen molar-refractivity contribution in [2.45, 2.75) is 25.3 Å². The van der Waals surface area contributed by atoms with E-state index >= 15 is 0 Å². The molecule has 1 aromatic rings. The Hall–Kier alpha value is -1.91. The maximum Gasteiger partial charge on any atom is 0.328 e. The number of likely N-dealkylation sites (tertiary alicyclic amines) is 1. The van der Waals surface area contributed by atoms with Crippen molar-refractivity contribution in [3.8, 4) is 0 Å². The Labute approximate surface area is 106 Å². The van der Waals surface area contributed by atoms with Crippen LogP contribution >= 0.6 is 0 Å². The van der Waals surface area contributed by atoms with Crippen molar-refractivity contribution in [1.29, 1.82) is 0 Å². The van der Waals surface area contributed by atoms with Gasteiger partial charge in [0.15, 0.2) is 0 Å². The van der Waals surface area contributed by atoms with E-state index in [0.29, 0.717) is 13.0 Å². The van der Waals surface area contributed by atoms with Crippen LogP contribution in [0.2, 0.25) is 0 Å². The van der Waals surface area contributed by atoms with E-state index in [1.165, 1.54) is 7.11 Å². The molecule has 1 unspecified atom stereocenters. The van der Waals surface area contributed by atoms with Gasteiger partial charge in [-0.1, -0.05) is 6.07 Å². The highest BCUT2D eigenvalue weighted by Gasteiger charge is 2.34. The Kier molecular flexibility index (Phi) is 3.92. The molecule has 0 N–H and O–H groups in total. The van der Waals surface area contributed by atoms with Gasteiger partial charge in [-0.3, -0.25) is 9.78 Å². The van der Waals surface area contributed by atoms with E-state index in [-0.39, 0.29) is 18.3 Å². The molecular formula is C13H16N2O3. The summed E-state index contributed by atoms with van der Waals surface area (Å²) >= 11 is 0. The first-order valence-corrected chi connectivity index (χ1v) is 5.98. The molecule has 1 aliphatic rings. The molecule has 2 rings (SSSR count). The summed E-state index contributed by atoms with van der Waals surface area (Å²) in [5.41, 5.74) is 0.859. The maximum atomic E-state index is 12.1. The van der Waals surface area contributed by atoms with Crippen LogP contribution in [0.5, 0.6) is 0 Å². The van der Waals surface area contributed by atoms with Crippen LogP contribution in [0.1, 0.15) is 18.4 Å². The summed E-state index contributed by atoms with van der Waals surface area (Å²) in [6, 6.07) is 3.23. The lowest BCUT2D eigenvalue weighted by atomic mass is 10.1. The standard InChI is InChI=1S/C13H16N2O3/c1-18-13(17)11-5-3-7-15(11)12(16)8-10-4-2-6-14-9-10/h2,4,6,9,11H,3,5,7-8H2,1H3. The number of carbonyl (C=O) groups excluding carboxylic acids is 2. The Balaban J connectivity index is 2.02. The first kappa shape index (κ1) is 12.5. The second kappa shape index (κ2) is 5.62. The van der Waals surface area contributed by atoms with Gasteiger partial charge in [-0.15, -0.1) is 0 Å². The molecular weight excluding hydrogens is 232 g/mol. The molecule has 18 heavy (non-hydrogen) atoms. The summed E-state index contributed by atoms with van der Waals surface area (Å²) in [6.07, 6.45) is 5.15. The summed E-state index contributed by atoms with van der Waals surface area (Å²) in [5, 5.41) is 0. The van der Waals surface area contributed by atoms with E-state index in [0.717, 1.165) is 12.0 Å². The molecule has 1 amide bonds. The van der Waals surface area contributed by atoms with Gasteiger partial charge in [0.2, 0.25) is 5.91 Å². The molecule has 0 aliphatic carbocycles. The summed E-state index contributed by atoms with van der Waals surface area (Å²) in [7, 11) is 1.35. The fourth-order valence-corrected chi connectivity index (χ4v) is 2.23. The zero-order valence-corrected chi connectivity index (χ0v) is 10.3. The van der Waals surface area contributed by atoms with Crippen LogP contribution < -0.4 is 0 Å². The lowest BCUT2D eigenvalue weighted by Crippen LogP contribution is -2.41. The predicted octanol–water partition coefficient (Wildman–Crippen LogP) is 0.788. The number of aromatic nitrogens is 1. The van der Waals surface area contributed by atoms with Gasteiger partial charge in [0, 0.05) is 18.9 Å². The molecule has 1 atom stereocenters. The van der Waals surface area contributed by atoms with E-state index in [1.807, 2.05) is 6.07 Å². The zero-order chi connectivity index (χ0) is 13.0. The van der Waals surface area contributed by atoms with Crippen LogP contribution in [-0.4, -0.2) is 41.5 Å². The number of esters is 1. The Morgan fingerprint density at radius 3 is 3.06 bits per heavy atom. The average molecular weight is 248 g/mol. The van der Waals surface area contributed by atoms with Gasteiger partial charge >= 0.3 is 5.97 Å². The fraction of sp³-hybridized carbons (Fsp3) is 0.462. The molecule has 0 aromatic carbocycles. The molecule has 96 valence electrons. The minimum atomic E-state index is -0.417. The Morgan fingerprint density at radius 1 is 1.56 bits per heavy atom. The molecule has 1 aliphatic heterocycles. The predicted molar refractivity (Wildman–Crippen MR) is 64.7 cm³/mol. The van der Waals surface area contributed by atoms with Gasteiger partial charge in [0.05, 0.1) is 13.5 Å². The van der Waals surface area contributed by atoms with E-state index < -0.39 is 6.04 Å². The van der Waals surface area contributed by atoms with Crippen molar-refractivity contribution in [3.05, 3.63) is 30.1 Å². The first-order chi connectivity index (χ1) is 8.72. The van der Waals surface area contributed by atoms with Crippen LogP contribution in [-0.2, 0) is 20.7 Å². The highest BCUT2D eigenvalue weighted by molar-refractivity contribution is 5.86. The average Bonchev–Trinajstić information content (AvgIpc) is 2.88. The second-order valence-electron chi connectivity index (χ2n) is 4.31. The molecule has 1 fully saturated rings. The van der Waals surface area contributed by atoms with Crippen molar-refractivity contribution >= 4 is 11.9 Å². The normalized spacial score (nSPS) is 18.7. The van der Waals surface area contributed by atoms with Gasteiger partial charge in [-0.2, -0.15) is 0 Å². The van der Waals surface area contributed by atoms with Crippen LogP contribution in [0.25, 0.3) is 0 Å². The number of ether oxygens (including phenoxy) is 1. The quantitative estimate of drug-likeness (QED) is 0.742. The lowest BCUT2D eigenvalue weighted by Gasteiger charge is -2.22. The number of amides is 1. The minimum absolute atomic E-state index is 0.0455. The zero-order valence-electron chi connectivity index (χ0n) is 10.3. The monoisotopic (exact) mass is 248 g/mol. The molecule has 1 aromatic heterocycles. The van der Waals surface area contributed by atoms with Gasteiger partial charge in [0.1, 0.15) is 6.04 Å². The Bertz CT molecular complexity index is 433. The highest BCUT2D eigenvalue weighted by Crippen LogP contribution is 2.19. The summed E-state index contributed by atoms with van der Waals surface area (Å²) in [5.74, 6) is -0.372. The number of methoxy groups -OCH3 is 1. The SMILES string of the molecule is COC(=O)C1CCCN1C(=O)Cc1cccnc1. The number of pyridine rings is 1. The third-order valence-corrected chi connectivity index (χ3v) is 3.12. The molecule has 0 spiro atoms. The van der Waals surface area contributed by atoms with Crippen molar-refractivity contribution in [3.63, 3.8) is 0 Å². The van der Waals surface area contributed by atoms with Crippen LogP contribution in [0.3, 0.4) is 0 Å². The van der Waals surface area contributed by atoms with Crippen LogP contribution in [0.15, 0.2) is 24.5 Å². The highest BCUT2D eigenvalue weighted by atomic mass is 16.5. The van der Waals surface area contributed by atoms with E-state index in [4.69, 9.17) is 4.74 Å². The van der Waals surface area contributed by atoms with Crippen molar-refractivity contribution in [1.82, 2.24) is 9.88 Å². The topological polar surface area (TPSA) is 59.5 Å². The summed E-state index contributed by atoms with van der Waals surface area (Å²) < 4.78 is 4.72. The van der Waals surface area contributed by atoms with Crippen LogP contribution in [0, 0.1) is 0 Å². The van der Waals surface area contributed by atoms with E-state index in [9.17, 15) is 9.59 Å². The van der Waals surface area contributed by atoms with Crippen molar-refractivity contribution in [2.75, 3.05) is 13.7 Å². The largest absolute Gasteiger partial charge is 0.467 e. The molecule has 0 radical (unpaired) electrons. The molecule has 5 nitrogen and oxygen atoms in total. The fourth-order valence-electron chi connectivity index (χ4n) is 2.23. The van der Waals surface area contributed by atoms with Gasteiger partial charge < -0.3 is 9.64 Å². The third kappa shape index (κ3) is 2.67. The van der Waals surface area contributed by atoms with Crippen molar-refractivity contribution in [2.24, 2.45) is 0 Å². The number of hydrogen-bond donors (Lipinski definition) is 0. The summed E-state index contributed by atoms with van der Waals surface area (Å²) in [4.78, 5) is 29.3. The molecule has 0 saturated carbocycles. The molecule has 5 heteroatoms. The van der Waals surface area contributed by atoms with Crippen molar-refractivity contribution < 1.29 is 14.3 Å². The number of carbonyl (C=O) groups is 2. The minimum Gasteiger partial charge on any atom is -0.467 e. The second-order valence-corrected chi connectivity index (χ2v) is 4.31. The maximum absolute atomic E-state index is 12.1. The lowest BCUT2D eigenvalue weighted by molar-refractivity contribution is -0.150. The van der Waals surface area contributed by atoms with Gasteiger partial charge in [0.25, 0.3) is 0 Å². The third-order valence-electron chi connectivity index (χ3n) is 3.12. The number of nitrogens with zero attached hydrogens (tertiary/aromatic N) is 2. The van der Waals surface area contributed by atoms with E-state index in [2.05, 4.69) is 4.98 Å². The number of rotatable bonds is 3. The molecule has 2 heterocycles.